The van der Waals surface area contributed by atoms with Gasteiger partial charge in [-0.25, -0.2) is 13.8 Å². The van der Waals surface area contributed by atoms with Crippen LogP contribution < -0.4 is 5.32 Å². The Kier molecular flexibility index (Phi) is 6.33. The molecule has 0 aliphatic rings. The predicted octanol–water partition coefficient (Wildman–Crippen LogP) is 3.16. The molecule has 2 aromatic rings. The van der Waals surface area contributed by atoms with E-state index in [4.69, 9.17) is 4.74 Å². The number of methoxy groups -OCH3 is 1. The summed E-state index contributed by atoms with van der Waals surface area (Å²) >= 11 is 1.26. The number of carbonyl (C=O) groups excluding carboxylic acids is 1. The van der Waals surface area contributed by atoms with Crippen LogP contribution in [0, 0.1) is 25.5 Å². The summed E-state index contributed by atoms with van der Waals surface area (Å²) in [5.74, 6) is -1.81. The smallest absolute Gasteiger partial charge is 0.234 e. The van der Waals surface area contributed by atoms with Gasteiger partial charge >= 0.3 is 0 Å². The Hall–Kier alpha value is -1.93. The molecule has 0 radical (unpaired) electrons. The third kappa shape index (κ3) is 4.55. The second kappa shape index (κ2) is 8.25. The molecule has 0 unspecified atom stereocenters. The maximum atomic E-state index is 13.5. The van der Waals surface area contributed by atoms with Crippen molar-refractivity contribution in [3.63, 3.8) is 0 Å². The molecule has 0 aliphatic carbocycles. The number of nitrogens with one attached hydrogen (secondary N) is 1. The highest BCUT2D eigenvalue weighted by atomic mass is 32.2. The number of nitrogens with zero attached hydrogens (tertiary/aromatic N) is 2. The first-order valence-electron chi connectivity index (χ1n) is 7.32. The lowest BCUT2D eigenvalue weighted by Crippen LogP contribution is -2.16. The van der Waals surface area contributed by atoms with Gasteiger partial charge in [0.05, 0.1) is 23.7 Å². The zero-order chi connectivity index (χ0) is 17.7. The molecule has 1 aromatic heterocycles. The van der Waals surface area contributed by atoms with Crippen LogP contribution in [-0.4, -0.2) is 34.9 Å². The van der Waals surface area contributed by atoms with Crippen molar-refractivity contribution in [2.45, 2.75) is 25.5 Å². The normalized spacial score (nSPS) is 10.9. The van der Waals surface area contributed by atoms with E-state index in [-0.39, 0.29) is 17.3 Å². The molecule has 1 N–H and O–H groups in total. The third-order valence-corrected chi connectivity index (χ3v) is 4.46. The molecule has 24 heavy (non-hydrogen) atoms. The lowest BCUT2D eigenvalue weighted by molar-refractivity contribution is -0.113. The van der Waals surface area contributed by atoms with Gasteiger partial charge in [-0.05, 0) is 26.0 Å². The Morgan fingerprint density at radius 3 is 2.79 bits per heavy atom. The highest BCUT2D eigenvalue weighted by molar-refractivity contribution is 7.99. The van der Waals surface area contributed by atoms with Gasteiger partial charge in [-0.1, -0.05) is 11.8 Å². The van der Waals surface area contributed by atoms with Gasteiger partial charge < -0.3 is 14.6 Å². The summed E-state index contributed by atoms with van der Waals surface area (Å²) in [6.07, 6.45) is 0. The number of ether oxygens (including phenoxy) is 1. The molecule has 5 nitrogen and oxygen atoms in total. The van der Waals surface area contributed by atoms with E-state index in [1.54, 1.807) is 7.11 Å². The number of imidazole rings is 1. The highest BCUT2D eigenvalue weighted by Gasteiger charge is 2.14. The second-order valence-electron chi connectivity index (χ2n) is 5.17. The maximum Gasteiger partial charge on any atom is 0.234 e. The lowest BCUT2D eigenvalue weighted by atomic mass is 10.3. The average Bonchev–Trinajstić information content (AvgIpc) is 2.80. The van der Waals surface area contributed by atoms with Crippen LogP contribution in [0.25, 0.3) is 0 Å². The van der Waals surface area contributed by atoms with Crippen molar-refractivity contribution < 1.29 is 18.3 Å². The fraction of sp³-hybridized carbons (Fsp3) is 0.375. The van der Waals surface area contributed by atoms with Gasteiger partial charge in [0.1, 0.15) is 11.6 Å². The Bertz CT molecular complexity index is 734. The maximum absolute atomic E-state index is 13.5. The molecular formula is C16H19F2N3O2S. The standard InChI is InChI=1S/C16H19F2N3O2S/c1-10-11(2)21(6-7-23-3)16(19-10)24-9-15(22)20-14-5-4-12(17)8-13(14)18/h4-5,8H,6-7,9H2,1-3H3,(H,20,22). The number of thioether (sulfide) groups is 1. The van der Waals surface area contributed by atoms with Crippen molar-refractivity contribution in [3.8, 4) is 0 Å². The van der Waals surface area contributed by atoms with Gasteiger partial charge in [-0.15, -0.1) is 0 Å². The number of amides is 1. The molecular weight excluding hydrogens is 336 g/mol. The van der Waals surface area contributed by atoms with E-state index in [1.807, 2.05) is 18.4 Å². The van der Waals surface area contributed by atoms with Gasteiger partial charge in [0.15, 0.2) is 5.16 Å². The summed E-state index contributed by atoms with van der Waals surface area (Å²) in [6.45, 7) is 5.03. The van der Waals surface area contributed by atoms with Gasteiger partial charge in [0.25, 0.3) is 0 Å². The zero-order valence-electron chi connectivity index (χ0n) is 13.7. The summed E-state index contributed by atoms with van der Waals surface area (Å²) in [5, 5.41) is 3.13. The van der Waals surface area contributed by atoms with E-state index in [2.05, 4.69) is 10.3 Å². The van der Waals surface area contributed by atoms with Crippen molar-refractivity contribution in [3.05, 3.63) is 41.2 Å². The zero-order valence-corrected chi connectivity index (χ0v) is 14.5. The predicted molar refractivity (Wildman–Crippen MR) is 89.3 cm³/mol. The highest BCUT2D eigenvalue weighted by Crippen LogP contribution is 2.22. The minimum atomic E-state index is -0.804. The van der Waals surface area contributed by atoms with E-state index in [0.717, 1.165) is 23.5 Å². The number of benzene rings is 1. The molecule has 0 atom stereocenters. The Morgan fingerprint density at radius 2 is 2.12 bits per heavy atom. The molecule has 1 heterocycles. The van der Waals surface area contributed by atoms with Crippen molar-refractivity contribution >= 4 is 23.4 Å². The fourth-order valence-corrected chi connectivity index (χ4v) is 3.00. The molecule has 0 aliphatic heterocycles. The van der Waals surface area contributed by atoms with Crippen LogP contribution in [-0.2, 0) is 16.1 Å². The van der Waals surface area contributed by atoms with Crippen molar-refractivity contribution in [2.75, 3.05) is 24.8 Å². The summed E-state index contributed by atoms with van der Waals surface area (Å²) in [6, 6.07) is 3.02. The number of anilines is 1. The number of aryl methyl sites for hydroxylation is 1. The van der Waals surface area contributed by atoms with E-state index in [9.17, 15) is 13.6 Å². The topological polar surface area (TPSA) is 56.1 Å². The fourth-order valence-electron chi connectivity index (χ4n) is 2.09. The summed E-state index contributed by atoms with van der Waals surface area (Å²) in [5.41, 5.74) is 1.86. The number of carbonyl (C=O) groups is 1. The van der Waals surface area contributed by atoms with Crippen LogP contribution in [0.3, 0.4) is 0 Å². The van der Waals surface area contributed by atoms with E-state index in [1.165, 1.54) is 17.8 Å². The van der Waals surface area contributed by atoms with E-state index in [0.29, 0.717) is 18.3 Å². The second-order valence-corrected chi connectivity index (χ2v) is 6.11. The average molecular weight is 355 g/mol. The monoisotopic (exact) mass is 355 g/mol. The van der Waals surface area contributed by atoms with Crippen molar-refractivity contribution in [1.29, 1.82) is 0 Å². The quantitative estimate of drug-likeness (QED) is 0.775. The molecule has 2 rings (SSSR count). The molecule has 0 fully saturated rings. The van der Waals surface area contributed by atoms with Crippen molar-refractivity contribution in [2.24, 2.45) is 0 Å². The van der Waals surface area contributed by atoms with E-state index < -0.39 is 11.6 Å². The van der Waals surface area contributed by atoms with Crippen molar-refractivity contribution in [1.82, 2.24) is 9.55 Å². The van der Waals surface area contributed by atoms with Gasteiger partial charge in [-0.2, -0.15) is 0 Å². The van der Waals surface area contributed by atoms with Crippen LogP contribution in [0.15, 0.2) is 23.4 Å². The summed E-state index contributed by atoms with van der Waals surface area (Å²) in [7, 11) is 1.62. The third-order valence-electron chi connectivity index (χ3n) is 3.48. The first kappa shape index (κ1) is 18.4. The Morgan fingerprint density at radius 1 is 1.38 bits per heavy atom. The molecule has 0 saturated carbocycles. The number of rotatable bonds is 7. The van der Waals surface area contributed by atoms with E-state index >= 15 is 0 Å². The number of hydrogen-bond acceptors (Lipinski definition) is 4. The molecule has 1 aromatic carbocycles. The largest absolute Gasteiger partial charge is 0.383 e. The Balaban J connectivity index is 2.00. The Labute approximate surface area is 143 Å². The first-order valence-corrected chi connectivity index (χ1v) is 8.31. The molecule has 0 bridgehead atoms. The molecule has 130 valence electrons. The van der Waals surface area contributed by atoms with Crippen LogP contribution >= 0.6 is 11.8 Å². The molecule has 0 spiro atoms. The molecule has 1 amide bonds. The van der Waals surface area contributed by atoms with Crippen LogP contribution in [0.1, 0.15) is 11.4 Å². The van der Waals surface area contributed by atoms with Gasteiger partial charge in [0, 0.05) is 25.4 Å². The molecule has 0 saturated heterocycles. The van der Waals surface area contributed by atoms with Gasteiger partial charge in [-0.3, -0.25) is 4.79 Å². The first-order chi connectivity index (χ1) is 11.4. The SMILES string of the molecule is COCCn1c(SCC(=O)Nc2ccc(F)cc2F)nc(C)c1C. The number of halogens is 2. The number of aromatic nitrogens is 2. The summed E-state index contributed by atoms with van der Waals surface area (Å²) < 4.78 is 33.5. The van der Waals surface area contributed by atoms with Crippen LogP contribution in [0.4, 0.5) is 14.5 Å². The number of hydrogen-bond donors (Lipinski definition) is 1. The minimum absolute atomic E-state index is 0.0444. The van der Waals surface area contributed by atoms with Crippen LogP contribution in [0.2, 0.25) is 0 Å². The summed E-state index contributed by atoms with van der Waals surface area (Å²) in [4.78, 5) is 16.4. The minimum Gasteiger partial charge on any atom is -0.383 e. The molecule has 8 heteroatoms. The van der Waals surface area contributed by atoms with Crippen LogP contribution in [0.5, 0.6) is 0 Å². The lowest BCUT2D eigenvalue weighted by Gasteiger charge is -2.09. The van der Waals surface area contributed by atoms with Gasteiger partial charge in [0.2, 0.25) is 5.91 Å².